The lowest BCUT2D eigenvalue weighted by Gasteiger charge is -2.24. The second-order valence-electron chi connectivity index (χ2n) is 4.81. The van der Waals surface area contributed by atoms with Crippen LogP contribution in [0.15, 0.2) is 28.8 Å². The number of nitrogens with zero attached hydrogens (tertiary/aromatic N) is 2. The summed E-state index contributed by atoms with van der Waals surface area (Å²) in [5.74, 6) is 0.787. The number of benzene rings is 1. The summed E-state index contributed by atoms with van der Waals surface area (Å²) in [6.07, 6.45) is 0.131. The molecule has 0 radical (unpaired) electrons. The van der Waals surface area contributed by atoms with E-state index in [4.69, 9.17) is 9.26 Å². The van der Waals surface area contributed by atoms with Gasteiger partial charge in [-0.1, -0.05) is 29.4 Å². The van der Waals surface area contributed by atoms with E-state index >= 15 is 0 Å². The normalized spacial score (nSPS) is 23.5. The summed E-state index contributed by atoms with van der Waals surface area (Å²) in [6, 6.07) is 7.87. The standard InChI is InChI=1S/C14H16N2O3/c1-9-4-2-3-5-10(9)13-15-14(19-16-13)11-8-18-7-6-12(11)17/h2-5,11-12,17H,6-8H2,1H3. The fourth-order valence-corrected chi connectivity index (χ4v) is 2.28. The van der Waals surface area contributed by atoms with Crippen molar-refractivity contribution in [3.05, 3.63) is 35.7 Å². The van der Waals surface area contributed by atoms with Crippen LogP contribution in [0.25, 0.3) is 11.4 Å². The molecule has 0 bridgehead atoms. The van der Waals surface area contributed by atoms with E-state index in [1.165, 1.54) is 0 Å². The summed E-state index contributed by atoms with van der Waals surface area (Å²) in [7, 11) is 0. The first-order valence-corrected chi connectivity index (χ1v) is 6.41. The minimum absolute atomic E-state index is 0.223. The van der Waals surface area contributed by atoms with Gasteiger partial charge in [-0.2, -0.15) is 4.98 Å². The topological polar surface area (TPSA) is 68.4 Å². The SMILES string of the molecule is Cc1ccccc1-c1noc(C2COCCC2O)n1. The van der Waals surface area contributed by atoms with Crippen LogP contribution in [0.3, 0.4) is 0 Å². The van der Waals surface area contributed by atoms with Crippen LogP contribution >= 0.6 is 0 Å². The third-order valence-electron chi connectivity index (χ3n) is 3.46. The van der Waals surface area contributed by atoms with Crippen molar-refractivity contribution in [3.63, 3.8) is 0 Å². The molecule has 1 fully saturated rings. The molecule has 0 spiro atoms. The van der Waals surface area contributed by atoms with Gasteiger partial charge >= 0.3 is 0 Å². The van der Waals surface area contributed by atoms with Gasteiger partial charge in [0.25, 0.3) is 0 Å². The van der Waals surface area contributed by atoms with Gasteiger partial charge in [0.1, 0.15) is 0 Å². The highest BCUT2D eigenvalue weighted by atomic mass is 16.5. The average molecular weight is 260 g/mol. The first-order valence-electron chi connectivity index (χ1n) is 6.41. The van der Waals surface area contributed by atoms with E-state index in [1.54, 1.807) is 0 Å². The van der Waals surface area contributed by atoms with Crippen LogP contribution in [-0.2, 0) is 4.74 Å². The minimum atomic E-state index is -0.473. The van der Waals surface area contributed by atoms with E-state index in [2.05, 4.69) is 10.1 Å². The van der Waals surface area contributed by atoms with Crippen molar-refractivity contribution in [2.45, 2.75) is 25.4 Å². The van der Waals surface area contributed by atoms with Gasteiger partial charge in [-0.05, 0) is 18.9 Å². The fraction of sp³-hybridized carbons (Fsp3) is 0.429. The molecule has 2 aromatic rings. The monoisotopic (exact) mass is 260 g/mol. The minimum Gasteiger partial charge on any atom is -0.392 e. The molecule has 19 heavy (non-hydrogen) atoms. The molecule has 1 aliphatic rings. The van der Waals surface area contributed by atoms with Gasteiger partial charge in [-0.15, -0.1) is 0 Å². The highest BCUT2D eigenvalue weighted by Gasteiger charge is 2.30. The lowest BCUT2D eigenvalue weighted by Crippen LogP contribution is -2.30. The zero-order valence-corrected chi connectivity index (χ0v) is 10.7. The molecule has 0 amide bonds. The maximum absolute atomic E-state index is 9.95. The molecule has 5 heteroatoms. The first-order chi connectivity index (χ1) is 9.25. The van der Waals surface area contributed by atoms with E-state index in [9.17, 15) is 5.11 Å². The second-order valence-corrected chi connectivity index (χ2v) is 4.81. The molecule has 0 saturated carbocycles. The predicted octanol–water partition coefficient (Wildman–Crippen LogP) is 1.91. The Hall–Kier alpha value is -1.72. The maximum Gasteiger partial charge on any atom is 0.235 e. The highest BCUT2D eigenvalue weighted by molar-refractivity contribution is 5.59. The van der Waals surface area contributed by atoms with Gasteiger partial charge in [0, 0.05) is 12.2 Å². The van der Waals surface area contributed by atoms with Crippen molar-refractivity contribution in [1.82, 2.24) is 10.1 Å². The summed E-state index contributed by atoms with van der Waals surface area (Å²) in [5, 5.41) is 14.0. The smallest absolute Gasteiger partial charge is 0.235 e. The molecule has 1 saturated heterocycles. The number of rotatable bonds is 2. The fourth-order valence-electron chi connectivity index (χ4n) is 2.28. The molecule has 2 atom stereocenters. The van der Waals surface area contributed by atoms with Crippen molar-refractivity contribution in [2.24, 2.45) is 0 Å². The molecular weight excluding hydrogens is 244 g/mol. The van der Waals surface area contributed by atoms with E-state index in [-0.39, 0.29) is 5.92 Å². The number of aromatic nitrogens is 2. The molecule has 0 aliphatic carbocycles. The molecule has 3 rings (SSSR count). The molecule has 1 aromatic heterocycles. The Bertz CT molecular complexity index is 567. The van der Waals surface area contributed by atoms with Crippen LogP contribution in [0.5, 0.6) is 0 Å². The molecule has 1 N–H and O–H groups in total. The Balaban J connectivity index is 1.89. The first kappa shape index (κ1) is 12.3. The van der Waals surface area contributed by atoms with Crippen LogP contribution in [0.4, 0.5) is 0 Å². The Morgan fingerprint density at radius 3 is 2.95 bits per heavy atom. The van der Waals surface area contributed by atoms with Crippen molar-refractivity contribution in [2.75, 3.05) is 13.2 Å². The van der Waals surface area contributed by atoms with E-state index in [1.807, 2.05) is 31.2 Å². The number of hydrogen-bond donors (Lipinski definition) is 1. The van der Waals surface area contributed by atoms with E-state index in [0.717, 1.165) is 11.1 Å². The summed E-state index contributed by atoms with van der Waals surface area (Å²) in [5.41, 5.74) is 2.04. The van der Waals surface area contributed by atoms with Crippen LogP contribution in [0.2, 0.25) is 0 Å². The van der Waals surface area contributed by atoms with Crippen LogP contribution < -0.4 is 0 Å². The number of aryl methyl sites for hydroxylation is 1. The van der Waals surface area contributed by atoms with Crippen molar-refractivity contribution in [1.29, 1.82) is 0 Å². The van der Waals surface area contributed by atoms with Gasteiger partial charge < -0.3 is 14.4 Å². The average Bonchev–Trinajstić information content (AvgIpc) is 2.89. The second kappa shape index (κ2) is 5.11. The Labute approximate surface area is 111 Å². The molecule has 100 valence electrons. The number of aliphatic hydroxyl groups is 1. The van der Waals surface area contributed by atoms with Gasteiger partial charge in [-0.3, -0.25) is 0 Å². The predicted molar refractivity (Wildman–Crippen MR) is 68.7 cm³/mol. The zero-order chi connectivity index (χ0) is 13.2. The third kappa shape index (κ3) is 2.39. The Morgan fingerprint density at radius 2 is 2.16 bits per heavy atom. The number of hydrogen-bond acceptors (Lipinski definition) is 5. The lowest BCUT2D eigenvalue weighted by atomic mass is 9.99. The Morgan fingerprint density at radius 1 is 1.32 bits per heavy atom. The molecule has 2 heterocycles. The van der Waals surface area contributed by atoms with E-state index < -0.39 is 6.10 Å². The quantitative estimate of drug-likeness (QED) is 0.893. The maximum atomic E-state index is 9.95. The summed E-state index contributed by atoms with van der Waals surface area (Å²) in [4.78, 5) is 4.40. The van der Waals surface area contributed by atoms with Crippen LogP contribution in [0, 0.1) is 6.92 Å². The zero-order valence-electron chi connectivity index (χ0n) is 10.7. The van der Waals surface area contributed by atoms with Crippen molar-refractivity contribution >= 4 is 0 Å². The molecule has 2 unspecified atom stereocenters. The molecular formula is C14H16N2O3. The number of aliphatic hydroxyl groups excluding tert-OH is 1. The van der Waals surface area contributed by atoms with Gasteiger partial charge in [0.05, 0.1) is 18.6 Å². The Kier molecular flexibility index (Phi) is 3.31. The highest BCUT2D eigenvalue weighted by Crippen LogP contribution is 2.27. The molecule has 5 nitrogen and oxygen atoms in total. The number of ether oxygens (including phenoxy) is 1. The van der Waals surface area contributed by atoms with Crippen molar-refractivity contribution < 1.29 is 14.4 Å². The van der Waals surface area contributed by atoms with Crippen LogP contribution in [-0.4, -0.2) is 34.6 Å². The van der Waals surface area contributed by atoms with E-state index in [0.29, 0.717) is 31.3 Å². The third-order valence-corrected chi connectivity index (χ3v) is 3.46. The van der Waals surface area contributed by atoms with Gasteiger partial charge in [-0.25, -0.2) is 0 Å². The van der Waals surface area contributed by atoms with Crippen molar-refractivity contribution in [3.8, 4) is 11.4 Å². The summed E-state index contributed by atoms with van der Waals surface area (Å²) < 4.78 is 10.6. The largest absolute Gasteiger partial charge is 0.392 e. The van der Waals surface area contributed by atoms with Gasteiger partial charge in [0.15, 0.2) is 0 Å². The van der Waals surface area contributed by atoms with Crippen LogP contribution in [0.1, 0.15) is 23.8 Å². The summed E-state index contributed by atoms with van der Waals surface area (Å²) >= 11 is 0. The molecule has 1 aromatic carbocycles. The lowest BCUT2D eigenvalue weighted by molar-refractivity contribution is -0.0149. The summed E-state index contributed by atoms with van der Waals surface area (Å²) in [6.45, 7) is 3.01. The van der Waals surface area contributed by atoms with Gasteiger partial charge in [0.2, 0.25) is 11.7 Å². The molecule has 1 aliphatic heterocycles.